The highest BCUT2D eigenvalue weighted by molar-refractivity contribution is 6.21. The Morgan fingerprint density at radius 2 is 0.763 bits per heavy atom. The summed E-state index contributed by atoms with van der Waals surface area (Å²) in [6.45, 7) is 0. The van der Waals surface area contributed by atoms with E-state index in [1.165, 1.54) is 88.7 Å². The van der Waals surface area contributed by atoms with E-state index in [2.05, 4.69) is 188 Å². The maximum absolute atomic E-state index is 5.50. The van der Waals surface area contributed by atoms with E-state index in [-0.39, 0.29) is 0 Å². The zero-order valence-corrected chi connectivity index (χ0v) is 31.9. The van der Waals surface area contributed by atoms with Crippen molar-refractivity contribution >= 4 is 10.8 Å². The van der Waals surface area contributed by atoms with Crippen molar-refractivity contribution in [2.45, 2.75) is 5.41 Å². The number of hydrogen-bond acceptors (Lipinski definition) is 3. The molecule has 0 bridgehead atoms. The van der Waals surface area contributed by atoms with Crippen molar-refractivity contribution in [2.24, 2.45) is 0 Å². The summed E-state index contributed by atoms with van der Waals surface area (Å²) in [5.41, 5.74) is 19.7. The third-order valence-electron chi connectivity index (χ3n) is 12.9. The summed E-state index contributed by atoms with van der Waals surface area (Å²) in [6.07, 6.45) is 0. The lowest BCUT2D eigenvalue weighted by Gasteiger charge is -2.31. The van der Waals surface area contributed by atoms with E-state index in [1.54, 1.807) is 0 Å². The molecule has 0 amide bonds. The zero-order chi connectivity index (χ0) is 38.7. The molecule has 1 heterocycles. The molecule has 1 spiro atoms. The van der Waals surface area contributed by atoms with Crippen molar-refractivity contribution in [3.63, 3.8) is 0 Å². The molecule has 3 aliphatic rings. The quantitative estimate of drug-likeness (QED) is 0.180. The molecule has 0 aliphatic heterocycles. The normalized spacial score (nSPS) is 13.2. The molecule has 0 saturated heterocycles. The number of hydrogen-bond donors (Lipinski definition) is 0. The molecule has 0 fully saturated rings. The Labute approximate surface area is 342 Å². The zero-order valence-electron chi connectivity index (χ0n) is 31.9. The molecule has 0 N–H and O–H groups in total. The maximum atomic E-state index is 5.50. The van der Waals surface area contributed by atoms with E-state index in [0.717, 1.165) is 16.7 Å². The van der Waals surface area contributed by atoms with Gasteiger partial charge in [0, 0.05) is 22.3 Å². The topological polar surface area (TPSA) is 38.7 Å². The first kappa shape index (κ1) is 32.3. The van der Waals surface area contributed by atoms with Crippen molar-refractivity contribution in [3.05, 3.63) is 222 Å². The van der Waals surface area contributed by atoms with Gasteiger partial charge in [-0.2, -0.15) is 0 Å². The van der Waals surface area contributed by atoms with Crippen LogP contribution in [-0.2, 0) is 5.41 Å². The van der Waals surface area contributed by atoms with Crippen molar-refractivity contribution < 1.29 is 0 Å². The first-order valence-corrected chi connectivity index (χ1v) is 20.3. The fourth-order valence-corrected chi connectivity index (χ4v) is 10.5. The largest absolute Gasteiger partial charge is 0.208 e. The third-order valence-corrected chi connectivity index (χ3v) is 12.9. The highest BCUT2D eigenvalue weighted by Crippen LogP contribution is 2.67. The Hall–Kier alpha value is -7.75. The molecule has 3 heteroatoms. The summed E-state index contributed by atoms with van der Waals surface area (Å²) in [5, 5.41) is 2.49. The van der Waals surface area contributed by atoms with Crippen molar-refractivity contribution in [1.82, 2.24) is 15.0 Å². The van der Waals surface area contributed by atoms with Gasteiger partial charge in [0.2, 0.25) is 0 Å². The molecule has 0 atom stereocenters. The van der Waals surface area contributed by atoms with Gasteiger partial charge in [-0.15, -0.1) is 0 Å². The molecule has 0 radical (unpaired) electrons. The fraction of sp³-hybridized carbons (Fsp3) is 0.0179. The van der Waals surface area contributed by atoms with Gasteiger partial charge in [0.15, 0.2) is 17.5 Å². The van der Waals surface area contributed by atoms with Gasteiger partial charge in [0.25, 0.3) is 0 Å². The second-order valence-corrected chi connectivity index (χ2v) is 15.8. The first-order chi connectivity index (χ1) is 29.3. The van der Waals surface area contributed by atoms with E-state index in [1.807, 2.05) is 12.1 Å². The number of rotatable bonds is 4. The van der Waals surface area contributed by atoms with E-state index in [0.29, 0.717) is 17.5 Å². The second kappa shape index (κ2) is 12.1. The highest BCUT2D eigenvalue weighted by Gasteiger charge is 2.53. The van der Waals surface area contributed by atoms with E-state index in [4.69, 9.17) is 15.0 Å². The summed E-state index contributed by atoms with van der Waals surface area (Å²) < 4.78 is 0. The van der Waals surface area contributed by atoms with Crippen LogP contribution in [0.1, 0.15) is 22.3 Å². The van der Waals surface area contributed by atoms with Gasteiger partial charge in [-0.25, -0.2) is 15.0 Å². The van der Waals surface area contributed by atoms with Gasteiger partial charge in [0.05, 0.1) is 5.41 Å². The van der Waals surface area contributed by atoms with Crippen LogP contribution < -0.4 is 0 Å². The van der Waals surface area contributed by atoms with Gasteiger partial charge < -0.3 is 0 Å². The van der Waals surface area contributed by atoms with Crippen LogP contribution in [-0.4, -0.2) is 15.0 Å². The molecule has 272 valence electrons. The molecule has 1 aromatic heterocycles. The molecule has 3 nitrogen and oxygen atoms in total. The summed E-state index contributed by atoms with van der Waals surface area (Å²) in [4.78, 5) is 16.2. The third kappa shape index (κ3) is 4.39. The van der Waals surface area contributed by atoms with Gasteiger partial charge >= 0.3 is 0 Å². The molecule has 3 aliphatic carbocycles. The SMILES string of the molecule is c1ccc(-c2cc3c4c(cccc4c2)-c2c-3cc3c(c2-c2nc(-c4ccccc4)nc(-c4ccccc4)n2)-c2ccccc2C32c3ccccc3-c3ccccc32)cc1. The Bertz CT molecular complexity index is 3270. The summed E-state index contributed by atoms with van der Waals surface area (Å²) >= 11 is 0. The van der Waals surface area contributed by atoms with Crippen LogP contribution in [0.2, 0.25) is 0 Å². The number of benzene rings is 9. The molecular weight excluding hydrogens is 715 g/mol. The second-order valence-electron chi connectivity index (χ2n) is 15.8. The van der Waals surface area contributed by atoms with E-state index < -0.39 is 5.41 Å². The van der Waals surface area contributed by atoms with Crippen LogP contribution >= 0.6 is 0 Å². The van der Waals surface area contributed by atoms with Crippen LogP contribution in [0, 0.1) is 0 Å². The Morgan fingerprint density at radius 3 is 1.37 bits per heavy atom. The summed E-state index contributed by atoms with van der Waals surface area (Å²) in [5.74, 6) is 1.97. The minimum Gasteiger partial charge on any atom is -0.208 e. The van der Waals surface area contributed by atoms with Crippen molar-refractivity contribution in [3.8, 4) is 89.8 Å². The van der Waals surface area contributed by atoms with Gasteiger partial charge in [-0.05, 0) is 101 Å². The summed E-state index contributed by atoms with van der Waals surface area (Å²) in [7, 11) is 0. The molecule has 0 unspecified atom stereocenters. The molecule has 59 heavy (non-hydrogen) atoms. The predicted molar refractivity (Wildman–Crippen MR) is 240 cm³/mol. The monoisotopic (exact) mass is 747 g/mol. The van der Waals surface area contributed by atoms with Gasteiger partial charge in [-0.1, -0.05) is 182 Å². The van der Waals surface area contributed by atoms with E-state index in [9.17, 15) is 0 Å². The van der Waals surface area contributed by atoms with Crippen molar-refractivity contribution in [1.29, 1.82) is 0 Å². The average Bonchev–Trinajstić information content (AvgIpc) is 3.91. The molecule has 0 saturated carbocycles. The summed E-state index contributed by atoms with van der Waals surface area (Å²) in [6, 6.07) is 72.5. The van der Waals surface area contributed by atoms with Gasteiger partial charge in [0.1, 0.15) is 0 Å². The average molecular weight is 748 g/mol. The van der Waals surface area contributed by atoms with Crippen LogP contribution in [0.25, 0.3) is 101 Å². The fourth-order valence-electron chi connectivity index (χ4n) is 10.5. The first-order valence-electron chi connectivity index (χ1n) is 20.3. The number of nitrogens with zero attached hydrogens (tertiary/aromatic N) is 3. The molecule has 9 aromatic carbocycles. The van der Waals surface area contributed by atoms with Crippen LogP contribution in [0.3, 0.4) is 0 Å². The minimum absolute atomic E-state index is 0.550. The highest BCUT2D eigenvalue weighted by atomic mass is 15.0. The minimum atomic E-state index is -0.550. The Morgan fingerprint density at radius 1 is 0.271 bits per heavy atom. The van der Waals surface area contributed by atoms with Gasteiger partial charge in [-0.3, -0.25) is 0 Å². The van der Waals surface area contributed by atoms with Crippen LogP contribution in [0.15, 0.2) is 200 Å². The maximum Gasteiger partial charge on any atom is 0.165 e. The molecule has 10 aromatic rings. The predicted octanol–water partition coefficient (Wildman–Crippen LogP) is 13.7. The Balaban J connectivity index is 1.22. The lowest BCUT2D eigenvalue weighted by atomic mass is 9.70. The van der Waals surface area contributed by atoms with Crippen LogP contribution in [0.4, 0.5) is 0 Å². The lowest BCUT2D eigenvalue weighted by Crippen LogP contribution is -2.26. The smallest absolute Gasteiger partial charge is 0.165 e. The van der Waals surface area contributed by atoms with E-state index >= 15 is 0 Å². The molecular formula is C56H33N3. The number of aromatic nitrogens is 3. The number of fused-ring (bicyclic) bond motifs is 13. The van der Waals surface area contributed by atoms with Crippen molar-refractivity contribution in [2.75, 3.05) is 0 Å². The Kier molecular flexibility index (Phi) is 6.65. The lowest BCUT2D eigenvalue weighted by molar-refractivity contribution is 0.794. The van der Waals surface area contributed by atoms with Crippen LogP contribution in [0.5, 0.6) is 0 Å². The standard InChI is InChI=1S/C56H33N3/c1-4-17-34(18-5-1)38-31-37-23-16-27-42-49(37)43(32-38)44-33-48-51(41-26-12-15-30-47(41)56(48)45-28-13-10-24-39(45)40-25-11-14-29-46(40)56)52(50(42)44)55-58-53(35-19-6-2-7-20-35)57-54(59-55)36-21-8-3-9-22-36/h1-33H. The molecule has 13 rings (SSSR count).